The maximum absolute atomic E-state index is 13.1. The number of benzene rings is 2. The van der Waals surface area contributed by atoms with E-state index in [2.05, 4.69) is 55.5 Å². The molecule has 0 atom stereocenters. The van der Waals surface area contributed by atoms with Crippen LogP contribution in [0.1, 0.15) is 56.7 Å². The van der Waals surface area contributed by atoms with Crippen LogP contribution in [-0.4, -0.2) is 35.6 Å². The van der Waals surface area contributed by atoms with Crippen molar-refractivity contribution in [1.29, 1.82) is 0 Å². The smallest absolute Gasteiger partial charge is 0.388 e. The lowest BCUT2D eigenvalue weighted by Crippen LogP contribution is -2.45. The molecule has 2 aliphatic heterocycles. The van der Waals surface area contributed by atoms with Gasteiger partial charge >= 0.3 is 12.3 Å². The molecule has 182 valence electrons. The third-order valence-electron chi connectivity index (χ3n) is 6.24. The predicted molar refractivity (Wildman–Crippen MR) is 122 cm³/mol. The number of anilines is 1. The molecule has 4 rings (SSSR count). The molecule has 0 aromatic heterocycles. The van der Waals surface area contributed by atoms with Crippen molar-refractivity contribution >= 4 is 17.5 Å². The lowest BCUT2D eigenvalue weighted by atomic mass is 9.84. The van der Waals surface area contributed by atoms with Gasteiger partial charge in [-0.25, -0.2) is 4.79 Å². The van der Waals surface area contributed by atoms with Gasteiger partial charge in [-0.3, -0.25) is 5.32 Å². The van der Waals surface area contributed by atoms with Gasteiger partial charge in [0.15, 0.2) is 0 Å². The van der Waals surface area contributed by atoms with Crippen LogP contribution in [0.15, 0.2) is 53.7 Å². The Balaban J connectivity index is 1.30. The Morgan fingerprint density at radius 1 is 1.06 bits per heavy atom. The molecule has 0 saturated carbocycles. The average Bonchev–Trinajstić information content (AvgIpc) is 3.18. The number of amides is 1. The number of para-hydroxylation sites is 1. The lowest BCUT2D eigenvalue weighted by Gasteiger charge is -2.35. The quantitative estimate of drug-likeness (QED) is 0.581. The zero-order chi connectivity index (χ0) is 24.6. The van der Waals surface area contributed by atoms with Gasteiger partial charge in [0.25, 0.3) is 0 Å². The van der Waals surface area contributed by atoms with E-state index >= 15 is 0 Å². The summed E-state index contributed by atoms with van der Waals surface area (Å²) in [6.07, 6.45) is -3.73. The number of hydroxylamine groups is 2. The minimum atomic E-state index is -4.58. The molecular formula is C25H28F3N3O3. The molecule has 2 aromatic rings. The van der Waals surface area contributed by atoms with E-state index < -0.39 is 23.4 Å². The van der Waals surface area contributed by atoms with E-state index in [1.54, 1.807) is 0 Å². The SMILES string of the molecule is CC(C)(C)c1ccc(C2=NOC3(CCN(OC(=O)Nc4ccccc4C(F)(F)F)CC3)C2)cc1. The highest BCUT2D eigenvalue weighted by molar-refractivity contribution is 6.01. The van der Waals surface area contributed by atoms with Crippen LogP contribution in [0.2, 0.25) is 0 Å². The largest absolute Gasteiger partial charge is 0.430 e. The fourth-order valence-corrected chi connectivity index (χ4v) is 4.18. The molecule has 1 spiro atoms. The van der Waals surface area contributed by atoms with Crippen molar-refractivity contribution in [3.8, 4) is 0 Å². The number of hydrogen-bond donors (Lipinski definition) is 1. The van der Waals surface area contributed by atoms with E-state index in [4.69, 9.17) is 9.68 Å². The first-order valence-electron chi connectivity index (χ1n) is 11.2. The van der Waals surface area contributed by atoms with Gasteiger partial charge in [0.1, 0.15) is 5.60 Å². The molecule has 2 aromatic carbocycles. The summed E-state index contributed by atoms with van der Waals surface area (Å²) in [4.78, 5) is 23.3. The fourth-order valence-electron chi connectivity index (χ4n) is 4.18. The highest BCUT2D eigenvalue weighted by Crippen LogP contribution is 2.37. The van der Waals surface area contributed by atoms with Gasteiger partial charge in [-0.15, -0.1) is 5.06 Å². The first kappa shape index (κ1) is 24.1. The molecule has 0 bridgehead atoms. The average molecular weight is 476 g/mol. The van der Waals surface area contributed by atoms with Gasteiger partial charge in [0, 0.05) is 32.4 Å². The first-order chi connectivity index (χ1) is 16.0. The Morgan fingerprint density at radius 2 is 1.71 bits per heavy atom. The second-order valence-electron chi connectivity index (χ2n) is 9.79. The van der Waals surface area contributed by atoms with E-state index in [-0.39, 0.29) is 11.1 Å². The second-order valence-corrected chi connectivity index (χ2v) is 9.79. The van der Waals surface area contributed by atoms with E-state index in [0.717, 1.165) is 17.3 Å². The Bertz CT molecular complexity index is 1070. The summed E-state index contributed by atoms with van der Waals surface area (Å²) in [7, 11) is 0. The van der Waals surface area contributed by atoms with Crippen molar-refractivity contribution in [2.24, 2.45) is 5.16 Å². The van der Waals surface area contributed by atoms with Crippen molar-refractivity contribution in [3.05, 3.63) is 65.2 Å². The monoisotopic (exact) mass is 475 g/mol. The normalized spacial score (nSPS) is 18.4. The third-order valence-corrected chi connectivity index (χ3v) is 6.24. The summed E-state index contributed by atoms with van der Waals surface area (Å²) >= 11 is 0. The Kier molecular flexibility index (Phi) is 6.33. The molecule has 1 fully saturated rings. The summed E-state index contributed by atoms with van der Waals surface area (Å²) in [5.41, 5.74) is 1.49. The zero-order valence-corrected chi connectivity index (χ0v) is 19.4. The van der Waals surface area contributed by atoms with Crippen LogP contribution >= 0.6 is 0 Å². The van der Waals surface area contributed by atoms with Gasteiger partial charge in [-0.1, -0.05) is 62.3 Å². The van der Waals surface area contributed by atoms with Crippen LogP contribution in [0.5, 0.6) is 0 Å². The molecule has 1 amide bonds. The number of oxime groups is 1. The van der Waals surface area contributed by atoms with Crippen LogP contribution in [0.4, 0.5) is 23.7 Å². The van der Waals surface area contributed by atoms with Crippen LogP contribution in [0.25, 0.3) is 0 Å². The van der Waals surface area contributed by atoms with E-state index in [0.29, 0.717) is 32.4 Å². The van der Waals surface area contributed by atoms with Gasteiger partial charge in [-0.2, -0.15) is 13.2 Å². The zero-order valence-electron chi connectivity index (χ0n) is 19.4. The lowest BCUT2D eigenvalue weighted by molar-refractivity contribution is -0.154. The molecule has 6 nitrogen and oxygen atoms in total. The molecule has 1 N–H and O–H groups in total. The van der Waals surface area contributed by atoms with Gasteiger partial charge in [0.05, 0.1) is 17.0 Å². The Morgan fingerprint density at radius 3 is 2.32 bits per heavy atom. The molecule has 0 unspecified atom stereocenters. The fraction of sp³-hybridized carbons (Fsp3) is 0.440. The minimum absolute atomic E-state index is 0.0711. The van der Waals surface area contributed by atoms with E-state index in [1.165, 1.54) is 28.8 Å². The topological polar surface area (TPSA) is 63.2 Å². The maximum atomic E-state index is 13.1. The summed E-state index contributed by atoms with van der Waals surface area (Å²) in [5, 5.41) is 7.95. The summed E-state index contributed by atoms with van der Waals surface area (Å²) < 4.78 is 39.4. The number of carbonyl (C=O) groups excluding carboxylic acids is 1. The number of nitrogens with one attached hydrogen (secondary N) is 1. The standard InChI is InChI=1S/C25H28F3N3O3/c1-23(2,3)18-10-8-17(9-11-18)21-16-24(34-30-21)12-14-31(15-13-24)33-22(32)29-20-7-5-4-6-19(20)25(26,27)28/h4-11H,12-16H2,1-3H3,(H,29,32). The number of rotatable bonds is 3. The number of piperidine rings is 1. The number of nitrogens with zero attached hydrogens (tertiary/aromatic N) is 2. The van der Waals surface area contributed by atoms with Gasteiger partial charge in [-0.05, 0) is 28.7 Å². The molecule has 9 heteroatoms. The van der Waals surface area contributed by atoms with Crippen molar-refractivity contribution in [2.75, 3.05) is 18.4 Å². The highest BCUT2D eigenvalue weighted by atomic mass is 19.4. The van der Waals surface area contributed by atoms with Crippen LogP contribution < -0.4 is 5.32 Å². The van der Waals surface area contributed by atoms with E-state index in [1.807, 2.05) is 0 Å². The number of hydrogen-bond acceptors (Lipinski definition) is 5. The Labute approximate surface area is 196 Å². The predicted octanol–water partition coefficient (Wildman–Crippen LogP) is 6.13. The van der Waals surface area contributed by atoms with Crippen molar-refractivity contribution < 1.29 is 27.6 Å². The minimum Gasteiger partial charge on any atom is -0.388 e. The number of carbonyl (C=O) groups is 1. The molecule has 0 aliphatic carbocycles. The molecular weight excluding hydrogens is 447 g/mol. The van der Waals surface area contributed by atoms with Gasteiger partial charge in [0.2, 0.25) is 0 Å². The third kappa shape index (κ3) is 5.35. The molecule has 0 radical (unpaired) electrons. The highest BCUT2D eigenvalue weighted by Gasteiger charge is 2.43. The molecule has 34 heavy (non-hydrogen) atoms. The number of alkyl halides is 3. The van der Waals surface area contributed by atoms with Crippen molar-refractivity contribution in [1.82, 2.24) is 5.06 Å². The van der Waals surface area contributed by atoms with Crippen molar-refractivity contribution in [2.45, 2.75) is 57.2 Å². The second kappa shape index (κ2) is 8.94. The van der Waals surface area contributed by atoms with Crippen LogP contribution in [0.3, 0.4) is 0 Å². The van der Waals surface area contributed by atoms with Crippen LogP contribution in [-0.2, 0) is 21.3 Å². The Hall–Kier alpha value is -3.07. The molecule has 1 saturated heterocycles. The maximum Gasteiger partial charge on any atom is 0.430 e. The van der Waals surface area contributed by atoms with Crippen molar-refractivity contribution in [3.63, 3.8) is 0 Å². The summed E-state index contributed by atoms with van der Waals surface area (Å²) in [5.74, 6) is 0. The molecule has 2 aliphatic rings. The summed E-state index contributed by atoms with van der Waals surface area (Å²) in [6, 6.07) is 13.1. The van der Waals surface area contributed by atoms with Crippen LogP contribution in [0, 0.1) is 0 Å². The van der Waals surface area contributed by atoms with E-state index in [9.17, 15) is 18.0 Å². The molecule has 2 heterocycles. The van der Waals surface area contributed by atoms with Gasteiger partial charge < -0.3 is 9.68 Å². The summed E-state index contributed by atoms with van der Waals surface area (Å²) in [6.45, 7) is 7.27. The first-order valence-corrected chi connectivity index (χ1v) is 11.2. The number of halogens is 3.